The molecule has 0 aliphatic carbocycles. The second-order valence-electron chi connectivity index (χ2n) is 9.96. The predicted molar refractivity (Wildman–Crippen MR) is 141 cm³/mol. The molecule has 0 fully saturated rings. The Bertz CT molecular complexity index is 483. The lowest BCUT2D eigenvalue weighted by atomic mass is 10.0. The van der Waals surface area contributed by atoms with Crippen LogP contribution in [0.4, 0.5) is 0 Å². The van der Waals surface area contributed by atoms with Gasteiger partial charge in [0.1, 0.15) is 0 Å². The molecule has 0 aliphatic rings. The Balaban J connectivity index is 0.00000961. The number of benzene rings is 1. The lowest BCUT2D eigenvalue weighted by Crippen LogP contribution is -3.00. The highest BCUT2D eigenvalue weighted by Gasteiger charge is 2.22. The summed E-state index contributed by atoms with van der Waals surface area (Å²) in [6, 6.07) is 11.1. The van der Waals surface area contributed by atoms with E-state index in [0.717, 1.165) is 0 Å². The highest BCUT2D eigenvalue weighted by atomic mass is 35.5. The molecular weight excluding hydrogens is 410 g/mol. The first-order valence-electron chi connectivity index (χ1n) is 14.2. The van der Waals surface area contributed by atoms with Crippen molar-refractivity contribution in [1.29, 1.82) is 0 Å². The number of halogens is 1. The number of quaternary nitrogens is 1. The van der Waals surface area contributed by atoms with Gasteiger partial charge in [-0.1, -0.05) is 127 Å². The Morgan fingerprint density at radius 1 is 0.500 bits per heavy atom. The SMILES string of the molecule is CCCCCCCCCCCCCCCCCC[N+](CC)(CC)CCc1ccccc1.[Cl-]. The number of hydrogen-bond acceptors (Lipinski definition) is 0. The summed E-state index contributed by atoms with van der Waals surface area (Å²) < 4.78 is 1.30. The normalized spacial score (nSPS) is 11.5. The number of hydrogen-bond donors (Lipinski definition) is 0. The molecule has 0 aromatic heterocycles. The fraction of sp³-hybridized carbons (Fsp3) is 0.800. The summed E-state index contributed by atoms with van der Waals surface area (Å²) >= 11 is 0. The van der Waals surface area contributed by atoms with Gasteiger partial charge in [-0.2, -0.15) is 0 Å². The fourth-order valence-corrected chi connectivity index (χ4v) is 4.97. The number of unbranched alkanes of at least 4 members (excludes halogenated alkanes) is 15. The van der Waals surface area contributed by atoms with Gasteiger partial charge >= 0.3 is 0 Å². The van der Waals surface area contributed by atoms with Crippen LogP contribution in [0.3, 0.4) is 0 Å². The van der Waals surface area contributed by atoms with E-state index < -0.39 is 0 Å². The zero-order valence-electron chi connectivity index (χ0n) is 22.1. The molecule has 1 aromatic carbocycles. The maximum atomic E-state index is 2.39. The molecule has 0 aliphatic heterocycles. The molecule has 32 heavy (non-hydrogen) atoms. The van der Waals surface area contributed by atoms with Crippen molar-refractivity contribution in [2.24, 2.45) is 0 Å². The molecule has 2 heteroatoms. The maximum absolute atomic E-state index is 2.39. The van der Waals surface area contributed by atoms with Crippen molar-refractivity contribution in [3.63, 3.8) is 0 Å². The van der Waals surface area contributed by atoms with Crippen LogP contribution in [-0.4, -0.2) is 30.7 Å². The summed E-state index contributed by atoms with van der Waals surface area (Å²) in [5.74, 6) is 0. The summed E-state index contributed by atoms with van der Waals surface area (Å²) in [5.41, 5.74) is 1.50. The standard InChI is InChI=1S/C30H56N.ClH/c1-4-7-8-9-10-11-12-13-14-15-16-17-18-19-20-24-28-31(5-2,6-3)29-27-30-25-22-21-23-26-30;/h21-23,25-26H,4-20,24,27-29H2,1-3H3;1H/q+1;/p-1. The quantitative estimate of drug-likeness (QED) is 0.138. The highest BCUT2D eigenvalue weighted by molar-refractivity contribution is 5.14. The third-order valence-corrected chi connectivity index (χ3v) is 7.55. The molecule has 0 saturated heterocycles. The monoisotopic (exact) mass is 465 g/mol. The zero-order chi connectivity index (χ0) is 22.5. The minimum absolute atomic E-state index is 0. The van der Waals surface area contributed by atoms with Crippen molar-refractivity contribution in [2.75, 3.05) is 26.2 Å². The van der Waals surface area contributed by atoms with Gasteiger partial charge in [-0.15, -0.1) is 0 Å². The van der Waals surface area contributed by atoms with E-state index in [9.17, 15) is 0 Å². The van der Waals surface area contributed by atoms with Gasteiger partial charge in [-0.25, -0.2) is 0 Å². The maximum Gasteiger partial charge on any atom is 0.0827 e. The Kier molecular flexibility index (Phi) is 21.9. The molecule has 1 nitrogen and oxygen atoms in total. The van der Waals surface area contributed by atoms with E-state index in [1.807, 2.05) is 0 Å². The molecule has 0 amide bonds. The first kappa shape index (κ1) is 31.5. The second kappa shape index (κ2) is 22.3. The Morgan fingerprint density at radius 3 is 1.31 bits per heavy atom. The van der Waals surface area contributed by atoms with E-state index in [1.165, 1.54) is 145 Å². The lowest BCUT2D eigenvalue weighted by molar-refractivity contribution is -0.925. The van der Waals surface area contributed by atoms with Crippen molar-refractivity contribution in [3.05, 3.63) is 35.9 Å². The molecule has 1 rings (SSSR count). The minimum atomic E-state index is 0. The minimum Gasteiger partial charge on any atom is -1.00 e. The van der Waals surface area contributed by atoms with Crippen LogP contribution in [0.15, 0.2) is 30.3 Å². The van der Waals surface area contributed by atoms with Crippen LogP contribution in [0, 0.1) is 0 Å². The van der Waals surface area contributed by atoms with Crippen molar-refractivity contribution in [1.82, 2.24) is 0 Å². The molecule has 0 heterocycles. The third kappa shape index (κ3) is 16.1. The van der Waals surface area contributed by atoms with E-state index in [1.54, 1.807) is 0 Å². The topological polar surface area (TPSA) is 0 Å². The highest BCUT2D eigenvalue weighted by Crippen LogP contribution is 2.16. The van der Waals surface area contributed by atoms with Crippen LogP contribution in [0.2, 0.25) is 0 Å². The smallest absolute Gasteiger partial charge is 0.0827 e. The first-order chi connectivity index (χ1) is 15.3. The van der Waals surface area contributed by atoms with Gasteiger partial charge in [0.05, 0.1) is 26.2 Å². The van der Waals surface area contributed by atoms with Gasteiger partial charge in [0.2, 0.25) is 0 Å². The molecule has 188 valence electrons. The van der Waals surface area contributed by atoms with Crippen LogP contribution in [-0.2, 0) is 6.42 Å². The van der Waals surface area contributed by atoms with Gasteiger partial charge in [-0.3, -0.25) is 0 Å². The first-order valence-corrected chi connectivity index (χ1v) is 14.2. The Hall–Kier alpha value is -0.530. The van der Waals surface area contributed by atoms with E-state index in [-0.39, 0.29) is 12.4 Å². The van der Waals surface area contributed by atoms with Crippen LogP contribution in [0.5, 0.6) is 0 Å². The van der Waals surface area contributed by atoms with E-state index in [4.69, 9.17) is 0 Å². The van der Waals surface area contributed by atoms with E-state index >= 15 is 0 Å². The largest absolute Gasteiger partial charge is 1.00 e. The summed E-state index contributed by atoms with van der Waals surface area (Å²) in [5, 5.41) is 0. The van der Waals surface area contributed by atoms with Crippen molar-refractivity contribution >= 4 is 0 Å². The van der Waals surface area contributed by atoms with Crippen LogP contribution >= 0.6 is 0 Å². The van der Waals surface area contributed by atoms with Crippen molar-refractivity contribution in [2.45, 2.75) is 130 Å². The molecule has 0 atom stereocenters. The Labute approximate surface area is 208 Å². The molecule has 0 unspecified atom stereocenters. The van der Waals surface area contributed by atoms with E-state index in [2.05, 4.69) is 51.1 Å². The average molecular weight is 466 g/mol. The van der Waals surface area contributed by atoms with Crippen LogP contribution < -0.4 is 12.4 Å². The predicted octanol–water partition coefficient (Wildman–Crippen LogP) is 6.35. The van der Waals surface area contributed by atoms with Crippen LogP contribution in [0.25, 0.3) is 0 Å². The summed E-state index contributed by atoms with van der Waals surface area (Å²) in [6.07, 6.45) is 24.5. The van der Waals surface area contributed by atoms with Gasteiger partial charge in [0.25, 0.3) is 0 Å². The van der Waals surface area contributed by atoms with Crippen molar-refractivity contribution < 1.29 is 16.9 Å². The number of rotatable bonds is 22. The third-order valence-electron chi connectivity index (χ3n) is 7.55. The molecule has 0 saturated carbocycles. The Morgan fingerprint density at radius 2 is 0.906 bits per heavy atom. The molecule has 0 bridgehead atoms. The van der Waals surface area contributed by atoms with Gasteiger partial charge in [0, 0.05) is 6.42 Å². The van der Waals surface area contributed by atoms with Crippen molar-refractivity contribution in [3.8, 4) is 0 Å². The number of nitrogens with zero attached hydrogens (tertiary/aromatic N) is 1. The van der Waals surface area contributed by atoms with Crippen LogP contribution in [0.1, 0.15) is 129 Å². The summed E-state index contributed by atoms with van der Waals surface area (Å²) in [4.78, 5) is 0. The summed E-state index contributed by atoms with van der Waals surface area (Å²) in [7, 11) is 0. The molecule has 0 radical (unpaired) electrons. The van der Waals surface area contributed by atoms with Gasteiger partial charge in [0.15, 0.2) is 0 Å². The molecular formula is C30H56ClN. The van der Waals surface area contributed by atoms with E-state index in [0.29, 0.717) is 0 Å². The average Bonchev–Trinajstić information content (AvgIpc) is 2.81. The second-order valence-corrected chi connectivity index (χ2v) is 9.96. The molecule has 1 aromatic rings. The summed E-state index contributed by atoms with van der Waals surface area (Å²) in [6.45, 7) is 12.3. The molecule has 0 spiro atoms. The zero-order valence-corrected chi connectivity index (χ0v) is 22.8. The fourth-order valence-electron chi connectivity index (χ4n) is 4.97. The lowest BCUT2D eigenvalue weighted by Gasteiger charge is -2.37. The van der Waals surface area contributed by atoms with Gasteiger partial charge in [-0.05, 0) is 32.3 Å². The van der Waals surface area contributed by atoms with Gasteiger partial charge < -0.3 is 16.9 Å². The molecule has 0 N–H and O–H groups in total. The number of likely N-dealkylation sites (N-methyl/N-ethyl adjacent to an activating group) is 1.